The summed E-state index contributed by atoms with van der Waals surface area (Å²) in [5, 5.41) is 3.76. The summed E-state index contributed by atoms with van der Waals surface area (Å²) < 4.78 is 10.2. The molecule has 0 saturated carbocycles. The van der Waals surface area contributed by atoms with Gasteiger partial charge in [-0.2, -0.15) is 0 Å². The van der Waals surface area contributed by atoms with Crippen LogP contribution in [0.15, 0.2) is 10.6 Å². The van der Waals surface area contributed by atoms with Crippen molar-refractivity contribution in [3.05, 3.63) is 11.8 Å². The predicted octanol–water partition coefficient (Wildman–Crippen LogP) is 1.48. The number of rotatable bonds is 4. The molecule has 3 fully saturated rings. The molecular formula is C18H25N3O4. The van der Waals surface area contributed by atoms with Crippen LogP contribution in [-0.2, 0) is 16.0 Å². The van der Waals surface area contributed by atoms with Gasteiger partial charge in [-0.15, -0.1) is 0 Å². The normalized spacial score (nSPS) is 28.7. The van der Waals surface area contributed by atoms with Gasteiger partial charge in [0, 0.05) is 51.0 Å². The number of nitrogens with zero attached hydrogens (tertiary/aromatic N) is 3. The molecule has 1 aromatic rings. The highest BCUT2D eigenvalue weighted by Crippen LogP contribution is 2.38. The van der Waals surface area contributed by atoms with Gasteiger partial charge < -0.3 is 19.1 Å². The molecule has 4 heterocycles. The molecule has 0 radical (unpaired) electrons. The Morgan fingerprint density at radius 1 is 1.40 bits per heavy atom. The lowest BCUT2D eigenvalue weighted by Crippen LogP contribution is -2.61. The van der Waals surface area contributed by atoms with Crippen LogP contribution in [0.4, 0.5) is 0 Å². The summed E-state index contributed by atoms with van der Waals surface area (Å²) in [6.45, 7) is 2.37. The molecule has 1 aromatic heterocycles. The SMILES string of the molecule is COc1cc(CCC(=O)N2C[C@H]3C[C@@H](C2)C2CCCC(=O)N2C3)on1. The van der Waals surface area contributed by atoms with Crippen LogP contribution in [0.1, 0.15) is 37.9 Å². The van der Waals surface area contributed by atoms with Gasteiger partial charge in [-0.25, -0.2) is 0 Å². The van der Waals surface area contributed by atoms with Crippen LogP contribution in [0.25, 0.3) is 0 Å². The Morgan fingerprint density at radius 3 is 3.08 bits per heavy atom. The molecule has 25 heavy (non-hydrogen) atoms. The summed E-state index contributed by atoms with van der Waals surface area (Å²) >= 11 is 0. The minimum atomic E-state index is 0.167. The lowest BCUT2D eigenvalue weighted by Gasteiger charge is -2.52. The third-order valence-electron chi connectivity index (χ3n) is 5.86. The van der Waals surface area contributed by atoms with Crippen LogP contribution in [-0.4, -0.2) is 59.6 Å². The summed E-state index contributed by atoms with van der Waals surface area (Å²) in [6, 6.07) is 2.07. The number of carbonyl (C=O) groups is 2. The zero-order chi connectivity index (χ0) is 17.4. The van der Waals surface area contributed by atoms with E-state index in [-0.39, 0.29) is 5.91 Å². The molecule has 0 aliphatic carbocycles. The second-order valence-electron chi connectivity index (χ2n) is 7.50. The highest BCUT2D eigenvalue weighted by molar-refractivity contribution is 5.78. The first-order valence-corrected chi connectivity index (χ1v) is 9.21. The van der Waals surface area contributed by atoms with E-state index in [2.05, 4.69) is 10.1 Å². The zero-order valence-electron chi connectivity index (χ0n) is 14.6. The number of aromatic nitrogens is 1. The Hall–Kier alpha value is -2.05. The van der Waals surface area contributed by atoms with Crippen molar-refractivity contribution in [2.45, 2.75) is 44.6 Å². The minimum absolute atomic E-state index is 0.167. The fourth-order valence-electron chi connectivity index (χ4n) is 4.71. The van der Waals surface area contributed by atoms with Crippen LogP contribution >= 0.6 is 0 Å². The van der Waals surface area contributed by atoms with Crippen molar-refractivity contribution in [3.8, 4) is 5.88 Å². The van der Waals surface area contributed by atoms with Crippen molar-refractivity contribution in [2.24, 2.45) is 11.8 Å². The molecule has 3 atom stereocenters. The van der Waals surface area contributed by atoms with Crippen molar-refractivity contribution < 1.29 is 18.8 Å². The largest absolute Gasteiger partial charge is 0.479 e. The summed E-state index contributed by atoms with van der Waals surface area (Å²) in [4.78, 5) is 28.9. The van der Waals surface area contributed by atoms with E-state index in [4.69, 9.17) is 9.26 Å². The second-order valence-corrected chi connectivity index (χ2v) is 7.50. The van der Waals surface area contributed by atoms with Gasteiger partial charge in [-0.1, -0.05) is 0 Å². The number of amides is 2. The minimum Gasteiger partial charge on any atom is -0.479 e. The molecule has 136 valence electrons. The van der Waals surface area contributed by atoms with Crippen molar-refractivity contribution in [1.29, 1.82) is 0 Å². The number of hydrogen-bond acceptors (Lipinski definition) is 5. The van der Waals surface area contributed by atoms with E-state index in [1.807, 2.05) is 4.90 Å². The molecular weight excluding hydrogens is 322 g/mol. The van der Waals surface area contributed by atoms with Crippen molar-refractivity contribution in [2.75, 3.05) is 26.7 Å². The predicted molar refractivity (Wildman–Crippen MR) is 88.9 cm³/mol. The van der Waals surface area contributed by atoms with E-state index in [9.17, 15) is 9.59 Å². The number of fused-ring (bicyclic) bond motifs is 4. The molecule has 3 saturated heterocycles. The number of piperidine rings is 3. The monoisotopic (exact) mass is 347 g/mol. The molecule has 1 unspecified atom stereocenters. The number of likely N-dealkylation sites (tertiary alicyclic amines) is 1. The fraction of sp³-hybridized carbons (Fsp3) is 0.722. The maximum atomic E-state index is 12.7. The Bertz CT molecular complexity index is 659. The van der Waals surface area contributed by atoms with E-state index in [0.717, 1.165) is 38.9 Å². The quantitative estimate of drug-likeness (QED) is 0.824. The lowest BCUT2D eigenvalue weighted by molar-refractivity contribution is -0.148. The number of aryl methyl sites for hydroxylation is 1. The molecule has 2 amide bonds. The van der Waals surface area contributed by atoms with Crippen molar-refractivity contribution in [1.82, 2.24) is 15.0 Å². The van der Waals surface area contributed by atoms with Crippen molar-refractivity contribution >= 4 is 11.8 Å². The maximum absolute atomic E-state index is 12.7. The first kappa shape index (κ1) is 16.4. The summed E-state index contributed by atoms with van der Waals surface area (Å²) in [5.41, 5.74) is 0. The zero-order valence-corrected chi connectivity index (χ0v) is 14.6. The average molecular weight is 347 g/mol. The third-order valence-corrected chi connectivity index (χ3v) is 5.86. The first-order chi connectivity index (χ1) is 12.1. The highest BCUT2D eigenvalue weighted by atomic mass is 16.5. The smallest absolute Gasteiger partial charge is 0.254 e. The van der Waals surface area contributed by atoms with E-state index in [1.54, 1.807) is 13.2 Å². The van der Waals surface area contributed by atoms with Crippen LogP contribution < -0.4 is 4.74 Å². The standard InChI is InChI=1S/C18H25N3O4/c1-24-16-8-14(25-19-16)5-6-17(22)20-9-12-7-13(11-20)15-3-2-4-18(23)21(15)10-12/h8,12-13,15H,2-7,9-11H2,1H3/t12-,13+,15?/m1/s1. The molecule has 7 nitrogen and oxygen atoms in total. The van der Waals surface area contributed by atoms with Gasteiger partial charge in [0.15, 0.2) is 0 Å². The molecule has 2 bridgehead atoms. The first-order valence-electron chi connectivity index (χ1n) is 9.21. The van der Waals surface area contributed by atoms with Gasteiger partial charge in [-0.3, -0.25) is 9.59 Å². The lowest BCUT2D eigenvalue weighted by atomic mass is 9.76. The van der Waals surface area contributed by atoms with E-state index < -0.39 is 0 Å². The van der Waals surface area contributed by atoms with Crippen molar-refractivity contribution in [3.63, 3.8) is 0 Å². The van der Waals surface area contributed by atoms with Gasteiger partial charge in [0.2, 0.25) is 11.8 Å². The molecule has 0 aromatic carbocycles. The molecule has 4 rings (SSSR count). The Morgan fingerprint density at radius 2 is 2.28 bits per heavy atom. The molecule has 7 heteroatoms. The van der Waals surface area contributed by atoms with E-state index in [0.29, 0.717) is 54.7 Å². The number of methoxy groups -OCH3 is 1. The van der Waals surface area contributed by atoms with Crippen LogP contribution in [0.3, 0.4) is 0 Å². The third kappa shape index (κ3) is 3.24. The topological polar surface area (TPSA) is 75.9 Å². The molecule has 3 aliphatic heterocycles. The highest BCUT2D eigenvalue weighted by Gasteiger charge is 2.44. The summed E-state index contributed by atoms with van der Waals surface area (Å²) in [5.74, 6) is 2.45. The van der Waals surface area contributed by atoms with Gasteiger partial charge >= 0.3 is 0 Å². The van der Waals surface area contributed by atoms with Gasteiger partial charge in [-0.05, 0) is 36.3 Å². The molecule has 0 N–H and O–H groups in total. The summed E-state index contributed by atoms with van der Waals surface area (Å²) in [7, 11) is 1.54. The van der Waals surface area contributed by atoms with Crippen LogP contribution in [0.2, 0.25) is 0 Å². The van der Waals surface area contributed by atoms with E-state index in [1.165, 1.54) is 0 Å². The second kappa shape index (κ2) is 6.69. The molecule has 0 spiro atoms. The average Bonchev–Trinajstić information content (AvgIpc) is 3.08. The molecule has 3 aliphatic rings. The number of ether oxygens (including phenoxy) is 1. The summed E-state index contributed by atoms with van der Waals surface area (Å²) in [6.07, 6.45) is 4.88. The Labute approximate surface area is 147 Å². The number of hydrogen-bond donors (Lipinski definition) is 0. The van der Waals surface area contributed by atoms with Gasteiger partial charge in [0.1, 0.15) is 5.76 Å². The Kier molecular flexibility index (Phi) is 4.39. The van der Waals surface area contributed by atoms with Gasteiger partial charge in [0.25, 0.3) is 5.88 Å². The van der Waals surface area contributed by atoms with Gasteiger partial charge in [0.05, 0.1) is 7.11 Å². The van der Waals surface area contributed by atoms with E-state index >= 15 is 0 Å². The van der Waals surface area contributed by atoms with Crippen LogP contribution in [0.5, 0.6) is 5.88 Å². The number of carbonyl (C=O) groups excluding carboxylic acids is 2. The maximum Gasteiger partial charge on any atom is 0.254 e. The fourth-order valence-corrected chi connectivity index (χ4v) is 4.71. The van der Waals surface area contributed by atoms with Crippen LogP contribution in [0, 0.1) is 11.8 Å². The Balaban J connectivity index is 1.36.